The third-order valence-electron chi connectivity index (χ3n) is 2.62. The standard InChI is InChI=1S/C12H14N2O4/c1-2-18-12(17)10(15)9-11(16)14-8-6-4-3-5-7(8)13-9/h3-6,9-10,13,15H,2H2,1H3,(H,14,16)/t9-,10+/m0/s1. The second-order valence-corrected chi connectivity index (χ2v) is 3.85. The van der Waals surface area contributed by atoms with E-state index in [9.17, 15) is 14.7 Å². The molecule has 1 amide bonds. The molecule has 0 aliphatic carbocycles. The summed E-state index contributed by atoms with van der Waals surface area (Å²) in [7, 11) is 0. The van der Waals surface area contributed by atoms with Gasteiger partial charge in [-0.25, -0.2) is 4.79 Å². The molecule has 6 nitrogen and oxygen atoms in total. The second-order valence-electron chi connectivity index (χ2n) is 3.85. The number of para-hydroxylation sites is 2. The Morgan fingerprint density at radius 2 is 2.11 bits per heavy atom. The van der Waals surface area contributed by atoms with Crippen LogP contribution in [0.15, 0.2) is 24.3 Å². The van der Waals surface area contributed by atoms with Crippen molar-refractivity contribution in [3.8, 4) is 0 Å². The number of carbonyl (C=O) groups is 2. The van der Waals surface area contributed by atoms with E-state index in [1.807, 2.05) is 0 Å². The van der Waals surface area contributed by atoms with Crippen molar-refractivity contribution in [3.05, 3.63) is 24.3 Å². The van der Waals surface area contributed by atoms with Crippen molar-refractivity contribution in [2.45, 2.75) is 19.1 Å². The first kappa shape index (κ1) is 12.4. The van der Waals surface area contributed by atoms with Gasteiger partial charge in [-0.15, -0.1) is 0 Å². The fraction of sp³-hybridized carbons (Fsp3) is 0.333. The average Bonchev–Trinajstić information content (AvgIpc) is 2.37. The molecule has 0 unspecified atom stereocenters. The maximum Gasteiger partial charge on any atom is 0.337 e. The van der Waals surface area contributed by atoms with E-state index in [-0.39, 0.29) is 6.61 Å². The van der Waals surface area contributed by atoms with Crippen LogP contribution in [-0.2, 0) is 14.3 Å². The molecule has 18 heavy (non-hydrogen) atoms. The normalized spacial score (nSPS) is 19.2. The van der Waals surface area contributed by atoms with E-state index in [1.165, 1.54) is 0 Å². The highest BCUT2D eigenvalue weighted by Crippen LogP contribution is 2.26. The molecule has 0 aromatic heterocycles. The first-order valence-electron chi connectivity index (χ1n) is 5.64. The molecular formula is C12H14N2O4. The smallest absolute Gasteiger partial charge is 0.337 e. The molecule has 0 spiro atoms. The van der Waals surface area contributed by atoms with Crippen LogP contribution < -0.4 is 10.6 Å². The monoisotopic (exact) mass is 250 g/mol. The lowest BCUT2D eigenvalue weighted by Crippen LogP contribution is -2.50. The van der Waals surface area contributed by atoms with E-state index >= 15 is 0 Å². The van der Waals surface area contributed by atoms with E-state index in [0.717, 1.165) is 0 Å². The zero-order chi connectivity index (χ0) is 13.1. The average molecular weight is 250 g/mol. The highest BCUT2D eigenvalue weighted by Gasteiger charge is 2.36. The lowest BCUT2D eigenvalue weighted by Gasteiger charge is -2.28. The molecule has 0 fully saturated rings. The van der Waals surface area contributed by atoms with Gasteiger partial charge in [0.15, 0.2) is 6.10 Å². The lowest BCUT2D eigenvalue weighted by atomic mass is 10.1. The van der Waals surface area contributed by atoms with Gasteiger partial charge in [0.1, 0.15) is 6.04 Å². The number of aliphatic hydroxyl groups excluding tert-OH is 1. The highest BCUT2D eigenvalue weighted by molar-refractivity contribution is 6.05. The van der Waals surface area contributed by atoms with Gasteiger partial charge in [0.2, 0.25) is 5.91 Å². The van der Waals surface area contributed by atoms with E-state index in [0.29, 0.717) is 11.4 Å². The lowest BCUT2D eigenvalue weighted by molar-refractivity contribution is -0.155. The molecular weight excluding hydrogens is 236 g/mol. The molecule has 96 valence electrons. The van der Waals surface area contributed by atoms with Crippen molar-refractivity contribution in [1.29, 1.82) is 0 Å². The van der Waals surface area contributed by atoms with Crippen molar-refractivity contribution in [1.82, 2.24) is 0 Å². The maximum absolute atomic E-state index is 11.8. The third kappa shape index (κ3) is 2.28. The number of hydrogen-bond donors (Lipinski definition) is 3. The minimum atomic E-state index is -1.53. The fourth-order valence-electron chi connectivity index (χ4n) is 1.75. The summed E-state index contributed by atoms with van der Waals surface area (Å²) < 4.78 is 4.68. The number of benzene rings is 1. The van der Waals surface area contributed by atoms with Crippen molar-refractivity contribution in [2.75, 3.05) is 17.2 Å². The van der Waals surface area contributed by atoms with Crippen LogP contribution in [0.4, 0.5) is 11.4 Å². The van der Waals surface area contributed by atoms with Gasteiger partial charge in [0.25, 0.3) is 0 Å². The highest BCUT2D eigenvalue weighted by atomic mass is 16.5. The number of ether oxygens (including phenoxy) is 1. The van der Waals surface area contributed by atoms with Crippen LogP contribution in [0.1, 0.15) is 6.92 Å². The summed E-state index contributed by atoms with van der Waals surface area (Å²) in [6.07, 6.45) is -1.53. The number of esters is 1. The molecule has 1 aromatic rings. The van der Waals surface area contributed by atoms with Gasteiger partial charge in [0.05, 0.1) is 18.0 Å². The number of hydrogen-bond acceptors (Lipinski definition) is 5. The quantitative estimate of drug-likeness (QED) is 0.673. The van der Waals surface area contributed by atoms with Crippen LogP contribution in [0.25, 0.3) is 0 Å². The molecule has 0 bridgehead atoms. The minimum Gasteiger partial charge on any atom is -0.464 e. The van der Waals surface area contributed by atoms with Gasteiger partial charge in [-0.1, -0.05) is 12.1 Å². The molecule has 1 aromatic carbocycles. The SMILES string of the molecule is CCOC(=O)[C@H](O)[C@@H]1Nc2ccccc2NC1=O. The van der Waals surface area contributed by atoms with Gasteiger partial charge < -0.3 is 20.5 Å². The van der Waals surface area contributed by atoms with Gasteiger partial charge in [-0.05, 0) is 19.1 Å². The summed E-state index contributed by atoms with van der Waals surface area (Å²) in [5.74, 6) is -1.28. The Hall–Kier alpha value is -2.08. The van der Waals surface area contributed by atoms with E-state index < -0.39 is 24.0 Å². The predicted molar refractivity (Wildman–Crippen MR) is 65.1 cm³/mol. The second kappa shape index (κ2) is 5.05. The van der Waals surface area contributed by atoms with E-state index in [2.05, 4.69) is 15.4 Å². The molecule has 0 saturated carbocycles. The molecule has 0 radical (unpaired) electrons. The number of nitrogens with one attached hydrogen (secondary N) is 2. The molecule has 1 heterocycles. The van der Waals surface area contributed by atoms with Gasteiger partial charge in [-0.2, -0.15) is 0 Å². The Labute approximate surface area is 104 Å². The Kier molecular flexibility index (Phi) is 3.47. The number of anilines is 2. The first-order chi connectivity index (χ1) is 8.63. The molecule has 2 atom stereocenters. The summed E-state index contributed by atoms with van der Waals surface area (Å²) in [6.45, 7) is 1.79. The number of aliphatic hydroxyl groups is 1. The van der Waals surface area contributed by atoms with Crippen molar-refractivity contribution in [2.24, 2.45) is 0 Å². The van der Waals surface area contributed by atoms with Crippen molar-refractivity contribution >= 4 is 23.3 Å². The summed E-state index contributed by atoms with van der Waals surface area (Å²) in [4.78, 5) is 23.2. The molecule has 3 N–H and O–H groups in total. The van der Waals surface area contributed by atoms with Crippen LogP contribution >= 0.6 is 0 Å². The number of fused-ring (bicyclic) bond motifs is 1. The van der Waals surface area contributed by atoms with Crippen molar-refractivity contribution in [3.63, 3.8) is 0 Å². The minimum absolute atomic E-state index is 0.154. The van der Waals surface area contributed by atoms with Crippen LogP contribution in [0.2, 0.25) is 0 Å². The fourth-order valence-corrected chi connectivity index (χ4v) is 1.75. The number of amides is 1. The Bertz CT molecular complexity index is 475. The zero-order valence-electron chi connectivity index (χ0n) is 9.84. The van der Waals surface area contributed by atoms with E-state index in [4.69, 9.17) is 0 Å². The number of rotatable bonds is 3. The topological polar surface area (TPSA) is 87.7 Å². The molecule has 1 aliphatic rings. The Morgan fingerprint density at radius 1 is 1.44 bits per heavy atom. The number of carbonyl (C=O) groups excluding carboxylic acids is 2. The van der Waals surface area contributed by atoms with Crippen LogP contribution in [0, 0.1) is 0 Å². The van der Waals surface area contributed by atoms with E-state index in [1.54, 1.807) is 31.2 Å². The van der Waals surface area contributed by atoms with Gasteiger partial charge in [-0.3, -0.25) is 4.79 Å². The third-order valence-corrected chi connectivity index (χ3v) is 2.62. The van der Waals surface area contributed by atoms with Crippen LogP contribution in [0.5, 0.6) is 0 Å². The molecule has 1 aliphatic heterocycles. The van der Waals surface area contributed by atoms with Gasteiger partial charge >= 0.3 is 5.97 Å². The first-order valence-corrected chi connectivity index (χ1v) is 5.64. The summed E-state index contributed by atoms with van der Waals surface area (Å²) in [5.41, 5.74) is 1.28. The maximum atomic E-state index is 11.8. The molecule has 0 saturated heterocycles. The summed E-state index contributed by atoms with van der Waals surface area (Å²) in [6, 6.07) is 6.01. The zero-order valence-corrected chi connectivity index (χ0v) is 9.84. The Morgan fingerprint density at radius 3 is 2.78 bits per heavy atom. The molecule has 2 rings (SSSR count). The Balaban J connectivity index is 2.17. The molecule has 6 heteroatoms. The van der Waals surface area contributed by atoms with Crippen LogP contribution in [0.3, 0.4) is 0 Å². The largest absolute Gasteiger partial charge is 0.464 e. The van der Waals surface area contributed by atoms with Crippen LogP contribution in [-0.4, -0.2) is 35.7 Å². The summed E-state index contributed by atoms with van der Waals surface area (Å²) in [5, 5.41) is 15.2. The van der Waals surface area contributed by atoms with Crippen molar-refractivity contribution < 1.29 is 19.4 Å². The van der Waals surface area contributed by atoms with Gasteiger partial charge in [0, 0.05) is 0 Å². The summed E-state index contributed by atoms with van der Waals surface area (Å²) >= 11 is 0. The predicted octanol–water partition coefficient (Wildman–Crippen LogP) is 0.343.